The minimum absolute atomic E-state index is 0.0452. The van der Waals surface area contributed by atoms with Crippen LogP contribution in [-0.2, 0) is 24.0 Å². The quantitative estimate of drug-likeness (QED) is 0.141. The Bertz CT molecular complexity index is 1220. The Morgan fingerprint density at radius 1 is 1.00 bits per heavy atom. The second-order valence-electron chi connectivity index (χ2n) is 16.7. The highest BCUT2D eigenvalue weighted by atomic mass is 16.3. The van der Waals surface area contributed by atoms with Crippen LogP contribution in [0.1, 0.15) is 119 Å². The first-order chi connectivity index (χ1) is 21.9. The number of hydrogen-bond donors (Lipinski definition) is 4. The number of urea groups is 1. The molecule has 2 heterocycles. The molecule has 5 amide bonds. The number of aliphatic hydroxyl groups is 1. The van der Waals surface area contributed by atoms with Crippen molar-refractivity contribution in [1.29, 1.82) is 0 Å². The third kappa shape index (κ3) is 8.07. The molecule has 2 aliphatic heterocycles. The number of hydrogen-bond acceptors (Lipinski definition) is 8. The molecule has 0 radical (unpaired) electrons. The van der Waals surface area contributed by atoms with E-state index < -0.39 is 63.9 Å². The molecule has 4 rings (SSSR count). The number of piperidine rings is 1. The predicted octanol–water partition coefficient (Wildman–Crippen LogP) is 3.05. The third-order valence-corrected chi connectivity index (χ3v) is 11.3. The van der Waals surface area contributed by atoms with Crippen LogP contribution < -0.4 is 16.0 Å². The fraction of sp³-hybridized carbons (Fsp3) is 0.829. The number of rotatable bonds is 12. The SMILES string of the molecule is CC[C@H]1C[C@]1(NC(=O)[C@@H]1CCCN1C(O)[C@@H](NC(=O)N[C@H](CN1C(=O)CC(C)(C)CC1=O)C(C)(C)C)C1(C)CCCCC1)C(=O)C=O. The van der Waals surface area contributed by atoms with Crippen molar-refractivity contribution in [2.45, 2.75) is 149 Å². The van der Waals surface area contributed by atoms with Crippen molar-refractivity contribution in [3.05, 3.63) is 0 Å². The summed E-state index contributed by atoms with van der Waals surface area (Å²) in [7, 11) is 0. The molecule has 47 heavy (non-hydrogen) atoms. The van der Waals surface area contributed by atoms with Crippen LogP contribution in [0.25, 0.3) is 0 Å². The Labute approximate surface area is 279 Å². The van der Waals surface area contributed by atoms with Crippen molar-refractivity contribution in [3.63, 3.8) is 0 Å². The van der Waals surface area contributed by atoms with Crippen molar-refractivity contribution in [2.75, 3.05) is 13.1 Å². The van der Waals surface area contributed by atoms with Gasteiger partial charge in [0.05, 0.1) is 18.1 Å². The van der Waals surface area contributed by atoms with Gasteiger partial charge in [0, 0.05) is 25.9 Å². The van der Waals surface area contributed by atoms with Gasteiger partial charge in [-0.3, -0.25) is 33.8 Å². The zero-order chi connectivity index (χ0) is 34.9. The van der Waals surface area contributed by atoms with Crippen LogP contribution in [0.2, 0.25) is 0 Å². The van der Waals surface area contributed by atoms with Gasteiger partial charge in [0.1, 0.15) is 11.8 Å². The number of ketones is 1. The average molecular weight is 660 g/mol. The Morgan fingerprint density at radius 3 is 2.15 bits per heavy atom. The molecule has 4 fully saturated rings. The standard InChI is InChI=1S/C35H57N5O7/c1-8-22-17-35(22,25(42)21-41)38-29(45)23-13-12-16-39(23)30(46)28(34(7)14-10-9-11-15-34)37-31(47)36-24(32(2,3)4)20-40-26(43)18-33(5,6)19-27(40)44/h21-24,28,30,46H,8-20H2,1-7H3,(H,38,45)(H2,36,37,47)/t22-,23-,24+,28+,30?,35+/m0/s1. The highest BCUT2D eigenvalue weighted by Crippen LogP contribution is 2.47. The number of nitrogens with one attached hydrogen (secondary N) is 3. The lowest BCUT2D eigenvalue weighted by Gasteiger charge is -2.46. The summed E-state index contributed by atoms with van der Waals surface area (Å²) in [4.78, 5) is 80.3. The Morgan fingerprint density at radius 2 is 1.62 bits per heavy atom. The fourth-order valence-electron chi connectivity index (χ4n) is 8.08. The first-order valence-electron chi connectivity index (χ1n) is 17.5. The number of nitrogens with zero attached hydrogens (tertiary/aromatic N) is 2. The normalized spacial score (nSPS) is 29.4. The summed E-state index contributed by atoms with van der Waals surface area (Å²) in [5.74, 6) is -1.62. The van der Waals surface area contributed by atoms with Gasteiger partial charge in [0.15, 0.2) is 6.29 Å². The monoisotopic (exact) mass is 659 g/mol. The van der Waals surface area contributed by atoms with Crippen LogP contribution in [0.3, 0.4) is 0 Å². The van der Waals surface area contributed by atoms with Gasteiger partial charge in [-0.2, -0.15) is 0 Å². The molecule has 2 aliphatic carbocycles. The van der Waals surface area contributed by atoms with Gasteiger partial charge in [-0.25, -0.2) is 4.79 Å². The third-order valence-electron chi connectivity index (χ3n) is 11.3. The molecule has 264 valence electrons. The number of carbonyl (C=O) groups is 6. The van der Waals surface area contributed by atoms with E-state index >= 15 is 0 Å². The lowest BCUT2D eigenvalue weighted by Crippen LogP contribution is -2.65. The summed E-state index contributed by atoms with van der Waals surface area (Å²) in [6.07, 6.45) is 6.31. The van der Waals surface area contributed by atoms with Gasteiger partial charge in [-0.05, 0) is 54.3 Å². The van der Waals surface area contributed by atoms with Crippen molar-refractivity contribution in [2.24, 2.45) is 22.2 Å². The summed E-state index contributed by atoms with van der Waals surface area (Å²) < 4.78 is 0. The number of aliphatic hydroxyl groups excluding tert-OH is 1. The maximum Gasteiger partial charge on any atom is 0.315 e. The molecule has 6 atom stereocenters. The van der Waals surface area contributed by atoms with Crippen molar-refractivity contribution in [1.82, 2.24) is 25.8 Å². The highest BCUT2D eigenvalue weighted by Gasteiger charge is 2.60. The summed E-state index contributed by atoms with van der Waals surface area (Å²) in [5.41, 5.74) is -2.54. The maximum absolute atomic E-state index is 13.8. The second kappa shape index (κ2) is 13.9. The van der Waals surface area contributed by atoms with E-state index in [2.05, 4.69) is 22.9 Å². The molecule has 0 aromatic carbocycles. The molecule has 12 nitrogen and oxygen atoms in total. The Balaban J connectivity index is 1.52. The average Bonchev–Trinajstić information content (AvgIpc) is 3.46. The zero-order valence-corrected chi connectivity index (χ0v) is 29.4. The zero-order valence-electron chi connectivity index (χ0n) is 29.4. The number of aldehydes is 1. The first kappa shape index (κ1) is 37.0. The van der Waals surface area contributed by atoms with Crippen molar-refractivity contribution >= 4 is 35.8 Å². The minimum atomic E-state index is -1.19. The number of carbonyl (C=O) groups excluding carboxylic acids is 6. The van der Waals surface area contributed by atoms with Crippen LogP contribution >= 0.6 is 0 Å². The molecular weight excluding hydrogens is 602 g/mol. The molecule has 1 unspecified atom stereocenters. The molecule has 4 aliphatic rings. The number of amides is 5. The molecule has 12 heteroatoms. The van der Waals surface area contributed by atoms with Gasteiger partial charge in [-0.15, -0.1) is 0 Å². The molecule has 2 saturated heterocycles. The van der Waals surface area contributed by atoms with Crippen molar-refractivity contribution in [3.8, 4) is 0 Å². The van der Waals surface area contributed by atoms with Gasteiger partial charge in [0.2, 0.25) is 23.5 Å². The minimum Gasteiger partial charge on any atom is -0.376 e. The fourth-order valence-corrected chi connectivity index (χ4v) is 8.08. The smallest absolute Gasteiger partial charge is 0.315 e. The van der Waals surface area contributed by atoms with E-state index in [0.717, 1.165) is 32.1 Å². The molecule has 0 aromatic rings. The van der Waals surface area contributed by atoms with E-state index in [1.54, 1.807) is 4.90 Å². The van der Waals surface area contributed by atoms with Gasteiger partial charge in [-0.1, -0.05) is 74.1 Å². The van der Waals surface area contributed by atoms with Crippen LogP contribution in [0.4, 0.5) is 4.79 Å². The van der Waals surface area contributed by atoms with Gasteiger partial charge >= 0.3 is 6.03 Å². The first-order valence-corrected chi connectivity index (χ1v) is 17.5. The van der Waals surface area contributed by atoms with Crippen LogP contribution in [0.5, 0.6) is 0 Å². The van der Waals surface area contributed by atoms with E-state index in [4.69, 9.17) is 0 Å². The van der Waals surface area contributed by atoms with Crippen LogP contribution in [0, 0.1) is 22.2 Å². The van der Waals surface area contributed by atoms with Crippen molar-refractivity contribution < 1.29 is 33.9 Å². The van der Waals surface area contributed by atoms with E-state index in [0.29, 0.717) is 32.2 Å². The summed E-state index contributed by atoms with van der Waals surface area (Å²) in [5, 5.41) is 21.0. The van der Waals surface area contributed by atoms with E-state index in [-0.39, 0.29) is 43.4 Å². The topological polar surface area (TPSA) is 165 Å². The van der Waals surface area contributed by atoms with Gasteiger partial charge in [0.25, 0.3) is 0 Å². The van der Waals surface area contributed by atoms with Crippen LogP contribution in [-0.4, -0.2) is 93.7 Å². The Hall–Kier alpha value is -2.86. The van der Waals surface area contributed by atoms with Crippen LogP contribution in [0.15, 0.2) is 0 Å². The predicted molar refractivity (Wildman–Crippen MR) is 176 cm³/mol. The Kier molecular flexibility index (Phi) is 11.0. The number of Topliss-reactive ketones (excluding diaryl/α,β-unsaturated/α-hetero) is 1. The maximum atomic E-state index is 13.8. The lowest BCUT2D eigenvalue weighted by molar-refractivity contribution is -0.153. The number of imide groups is 1. The van der Waals surface area contributed by atoms with E-state index in [9.17, 15) is 33.9 Å². The molecule has 2 saturated carbocycles. The van der Waals surface area contributed by atoms with E-state index in [1.807, 2.05) is 41.5 Å². The summed E-state index contributed by atoms with van der Waals surface area (Å²) in [6, 6.07) is -2.53. The number of likely N-dealkylation sites (tertiary alicyclic amines) is 2. The molecule has 0 bridgehead atoms. The van der Waals surface area contributed by atoms with Gasteiger partial charge < -0.3 is 21.1 Å². The largest absolute Gasteiger partial charge is 0.376 e. The molecule has 0 spiro atoms. The molecular formula is C35H57N5O7. The van der Waals surface area contributed by atoms with E-state index in [1.165, 1.54) is 4.90 Å². The molecule has 0 aromatic heterocycles. The summed E-state index contributed by atoms with van der Waals surface area (Å²) >= 11 is 0. The molecule has 4 N–H and O–H groups in total. The highest BCUT2D eigenvalue weighted by molar-refractivity contribution is 6.31. The lowest BCUT2D eigenvalue weighted by atomic mass is 9.69. The second-order valence-corrected chi connectivity index (χ2v) is 16.7. The summed E-state index contributed by atoms with van der Waals surface area (Å²) in [6.45, 7) is 14.1.